The van der Waals surface area contributed by atoms with E-state index in [2.05, 4.69) is 36.5 Å². The first-order chi connectivity index (χ1) is 8.95. The largest absolute Gasteiger partial charge is 0.481 e. The van der Waals surface area contributed by atoms with Crippen molar-refractivity contribution in [3.05, 3.63) is 29.8 Å². The van der Waals surface area contributed by atoms with Gasteiger partial charge in [0.15, 0.2) is 0 Å². The van der Waals surface area contributed by atoms with Gasteiger partial charge in [-0.25, -0.2) is 0 Å². The van der Waals surface area contributed by atoms with Gasteiger partial charge in [0, 0.05) is 11.4 Å². The predicted molar refractivity (Wildman–Crippen MR) is 80.6 cm³/mol. The fourth-order valence-corrected chi connectivity index (χ4v) is 2.40. The molecule has 1 aromatic carbocycles. The lowest BCUT2D eigenvalue weighted by Gasteiger charge is -2.19. The summed E-state index contributed by atoms with van der Waals surface area (Å²) in [4.78, 5) is 12.3. The highest BCUT2D eigenvalue weighted by Crippen LogP contribution is 2.20. The number of carboxylic acid groups (broad SMARTS) is 1. The minimum Gasteiger partial charge on any atom is -0.481 e. The molecule has 0 aliphatic heterocycles. The summed E-state index contributed by atoms with van der Waals surface area (Å²) in [7, 11) is 0. The maximum absolute atomic E-state index is 11.0. The van der Waals surface area contributed by atoms with Crippen LogP contribution in [-0.4, -0.2) is 23.4 Å². The Morgan fingerprint density at radius 2 is 2.16 bits per heavy atom. The molecule has 0 aliphatic carbocycles. The first kappa shape index (κ1) is 16.1. The Hall–Kier alpha value is -1.00. The third kappa shape index (κ3) is 5.66. The van der Waals surface area contributed by atoms with Crippen LogP contribution in [0.4, 0.5) is 0 Å². The molecule has 2 N–H and O–H groups in total. The summed E-state index contributed by atoms with van der Waals surface area (Å²) in [6.07, 6.45) is 0.631. The van der Waals surface area contributed by atoms with Crippen LogP contribution in [0.15, 0.2) is 29.2 Å². The summed E-state index contributed by atoms with van der Waals surface area (Å²) in [6, 6.07) is 8.46. The quantitative estimate of drug-likeness (QED) is 0.566. The van der Waals surface area contributed by atoms with Crippen molar-refractivity contribution in [1.29, 1.82) is 0 Å². The van der Waals surface area contributed by atoms with Crippen molar-refractivity contribution in [2.75, 3.05) is 12.3 Å². The Morgan fingerprint density at radius 3 is 2.79 bits per heavy atom. The zero-order valence-electron chi connectivity index (χ0n) is 11.9. The van der Waals surface area contributed by atoms with Gasteiger partial charge >= 0.3 is 5.97 Å². The second-order valence-corrected chi connectivity index (χ2v) is 6.53. The minimum absolute atomic E-state index is 0.631. The van der Waals surface area contributed by atoms with Crippen molar-refractivity contribution in [3.63, 3.8) is 0 Å². The summed E-state index contributed by atoms with van der Waals surface area (Å²) in [5.74, 6) is 0.333. The summed E-state index contributed by atoms with van der Waals surface area (Å²) in [5.41, 5.74) is 0.582. The Balaban J connectivity index is 2.37. The zero-order valence-corrected chi connectivity index (χ0v) is 12.7. The summed E-state index contributed by atoms with van der Waals surface area (Å²) in [5, 5.41) is 12.3. The van der Waals surface area contributed by atoms with Gasteiger partial charge in [-0.2, -0.15) is 0 Å². The molecule has 0 amide bonds. The van der Waals surface area contributed by atoms with E-state index in [0.717, 1.165) is 12.3 Å². The van der Waals surface area contributed by atoms with E-state index in [9.17, 15) is 4.79 Å². The van der Waals surface area contributed by atoms with Crippen molar-refractivity contribution in [3.8, 4) is 0 Å². The molecule has 0 spiro atoms. The molecule has 106 valence electrons. The molecule has 0 bridgehead atoms. The Morgan fingerprint density at radius 1 is 1.42 bits per heavy atom. The molecule has 1 aromatic rings. The van der Waals surface area contributed by atoms with E-state index in [4.69, 9.17) is 5.11 Å². The lowest BCUT2D eigenvalue weighted by Crippen LogP contribution is -2.28. The molecule has 4 heteroatoms. The smallest absolute Gasteiger partial charge is 0.309 e. The van der Waals surface area contributed by atoms with Crippen molar-refractivity contribution < 1.29 is 9.90 Å². The topological polar surface area (TPSA) is 49.3 Å². The number of thioether (sulfide) groups is 1. The highest BCUT2D eigenvalue weighted by atomic mass is 32.2. The van der Waals surface area contributed by atoms with E-state index in [-0.39, 0.29) is 0 Å². The second kappa shape index (κ2) is 7.56. The van der Waals surface area contributed by atoms with E-state index >= 15 is 0 Å². The first-order valence-corrected chi connectivity index (χ1v) is 7.60. The number of carbonyl (C=O) groups is 1. The van der Waals surface area contributed by atoms with Gasteiger partial charge in [-0.15, -0.1) is 11.8 Å². The molecule has 0 aromatic heterocycles. The number of carboxylic acids is 1. The van der Waals surface area contributed by atoms with Crippen LogP contribution in [0, 0.1) is 5.41 Å². The first-order valence-electron chi connectivity index (χ1n) is 6.61. The van der Waals surface area contributed by atoms with Crippen molar-refractivity contribution >= 4 is 17.7 Å². The minimum atomic E-state index is -0.740. The molecular formula is C15H23NO2S. The van der Waals surface area contributed by atoms with Gasteiger partial charge < -0.3 is 10.4 Å². The average molecular weight is 281 g/mol. The summed E-state index contributed by atoms with van der Waals surface area (Å²) >= 11 is 1.83. The van der Waals surface area contributed by atoms with Crippen molar-refractivity contribution in [2.45, 2.75) is 38.6 Å². The normalized spacial score (nSPS) is 11.5. The van der Waals surface area contributed by atoms with Crippen LogP contribution in [0.5, 0.6) is 0 Å². The molecular weight excluding hydrogens is 258 g/mol. The number of benzene rings is 1. The Labute approximate surface area is 119 Å². The predicted octanol–water partition coefficient (Wildman–Crippen LogP) is 3.39. The molecule has 0 unspecified atom stereocenters. The Kier molecular flexibility index (Phi) is 6.38. The van der Waals surface area contributed by atoms with Crippen LogP contribution >= 0.6 is 11.8 Å². The monoisotopic (exact) mass is 281 g/mol. The van der Waals surface area contributed by atoms with Crippen LogP contribution in [0.2, 0.25) is 0 Å². The van der Waals surface area contributed by atoms with Crippen LogP contribution < -0.4 is 5.32 Å². The SMILES string of the molecule is CCSc1cccc(CNCCC(C)(C)C(=O)O)c1. The molecule has 0 fully saturated rings. The molecule has 0 saturated heterocycles. The van der Waals surface area contributed by atoms with Gasteiger partial charge in [0.2, 0.25) is 0 Å². The molecule has 0 heterocycles. The van der Waals surface area contributed by atoms with Crippen molar-refractivity contribution in [2.24, 2.45) is 5.41 Å². The fraction of sp³-hybridized carbons (Fsp3) is 0.533. The van der Waals surface area contributed by atoms with Crippen LogP contribution in [0.3, 0.4) is 0 Å². The number of nitrogens with one attached hydrogen (secondary N) is 1. The van der Waals surface area contributed by atoms with E-state index in [1.807, 2.05) is 11.8 Å². The molecule has 3 nitrogen and oxygen atoms in total. The molecule has 0 atom stereocenters. The van der Waals surface area contributed by atoms with Crippen LogP contribution in [0.25, 0.3) is 0 Å². The molecule has 0 saturated carbocycles. The number of hydrogen-bond acceptors (Lipinski definition) is 3. The average Bonchev–Trinajstić information content (AvgIpc) is 2.35. The number of rotatable bonds is 8. The van der Waals surface area contributed by atoms with Gasteiger partial charge in [-0.3, -0.25) is 4.79 Å². The van der Waals surface area contributed by atoms with Crippen LogP contribution in [0.1, 0.15) is 32.8 Å². The zero-order chi connectivity index (χ0) is 14.3. The summed E-state index contributed by atoms with van der Waals surface area (Å²) in [6.45, 7) is 7.16. The standard InChI is InChI=1S/C15H23NO2S/c1-4-19-13-7-5-6-12(10-13)11-16-9-8-15(2,3)14(17)18/h5-7,10,16H,4,8-9,11H2,1-3H3,(H,17,18). The Bertz CT molecular complexity index is 418. The third-order valence-electron chi connectivity index (χ3n) is 3.04. The van der Waals surface area contributed by atoms with E-state index in [1.54, 1.807) is 13.8 Å². The van der Waals surface area contributed by atoms with E-state index < -0.39 is 11.4 Å². The van der Waals surface area contributed by atoms with Gasteiger partial charge in [0.05, 0.1) is 5.41 Å². The van der Waals surface area contributed by atoms with Gasteiger partial charge in [0.1, 0.15) is 0 Å². The maximum atomic E-state index is 11.0. The number of aliphatic carboxylic acids is 1. The highest BCUT2D eigenvalue weighted by Gasteiger charge is 2.25. The molecule has 19 heavy (non-hydrogen) atoms. The lowest BCUT2D eigenvalue weighted by molar-refractivity contribution is -0.147. The third-order valence-corrected chi connectivity index (χ3v) is 3.92. The van der Waals surface area contributed by atoms with Gasteiger partial charge in [-0.05, 0) is 50.3 Å². The van der Waals surface area contributed by atoms with Crippen LogP contribution in [-0.2, 0) is 11.3 Å². The number of hydrogen-bond donors (Lipinski definition) is 2. The van der Waals surface area contributed by atoms with E-state index in [0.29, 0.717) is 13.0 Å². The summed E-state index contributed by atoms with van der Waals surface area (Å²) < 4.78 is 0. The fourth-order valence-electron chi connectivity index (χ4n) is 1.65. The molecule has 0 radical (unpaired) electrons. The molecule has 0 aliphatic rings. The van der Waals surface area contributed by atoms with Gasteiger partial charge in [-0.1, -0.05) is 19.1 Å². The van der Waals surface area contributed by atoms with E-state index in [1.165, 1.54) is 10.5 Å². The van der Waals surface area contributed by atoms with Gasteiger partial charge in [0.25, 0.3) is 0 Å². The lowest BCUT2D eigenvalue weighted by atomic mass is 9.90. The molecule has 1 rings (SSSR count). The van der Waals surface area contributed by atoms with Crippen molar-refractivity contribution in [1.82, 2.24) is 5.32 Å². The highest BCUT2D eigenvalue weighted by molar-refractivity contribution is 7.99. The maximum Gasteiger partial charge on any atom is 0.309 e. The second-order valence-electron chi connectivity index (χ2n) is 5.20.